The Bertz CT molecular complexity index is 433. The third-order valence-corrected chi connectivity index (χ3v) is 2.67. The van der Waals surface area contributed by atoms with Crippen molar-refractivity contribution in [3.05, 3.63) is 29.3 Å². The van der Waals surface area contributed by atoms with Crippen molar-refractivity contribution < 1.29 is 14.6 Å². The SMILES string of the molecule is COc1cc(C)cc(CNC(=O)N(C)CC(C)O)c1. The summed E-state index contributed by atoms with van der Waals surface area (Å²) >= 11 is 0. The molecule has 0 aliphatic heterocycles. The zero-order chi connectivity index (χ0) is 14.4. The zero-order valence-electron chi connectivity index (χ0n) is 11.9. The fourth-order valence-corrected chi connectivity index (χ4v) is 1.84. The molecule has 5 heteroatoms. The first-order valence-electron chi connectivity index (χ1n) is 6.24. The number of benzene rings is 1. The summed E-state index contributed by atoms with van der Waals surface area (Å²) in [6, 6.07) is 5.62. The van der Waals surface area contributed by atoms with Crippen LogP contribution in [0.25, 0.3) is 0 Å². The van der Waals surface area contributed by atoms with Crippen molar-refractivity contribution in [2.24, 2.45) is 0 Å². The minimum absolute atomic E-state index is 0.207. The molecule has 2 N–H and O–H groups in total. The molecular weight excluding hydrogens is 244 g/mol. The molecule has 1 atom stereocenters. The molecule has 2 amide bonds. The highest BCUT2D eigenvalue weighted by atomic mass is 16.5. The monoisotopic (exact) mass is 266 g/mol. The minimum Gasteiger partial charge on any atom is -0.497 e. The first-order chi connectivity index (χ1) is 8.92. The first kappa shape index (κ1) is 15.3. The number of likely N-dealkylation sites (N-methyl/N-ethyl adjacent to an activating group) is 1. The third-order valence-electron chi connectivity index (χ3n) is 2.67. The number of aliphatic hydroxyl groups is 1. The molecule has 0 bridgehead atoms. The molecule has 1 rings (SSSR count). The van der Waals surface area contributed by atoms with Gasteiger partial charge in [-0.25, -0.2) is 4.79 Å². The molecule has 0 radical (unpaired) electrons. The van der Waals surface area contributed by atoms with Crippen LogP contribution in [0.5, 0.6) is 5.75 Å². The molecule has 1 aromatic rings. The van der Waals surface area contributed by atoms with Gasteiger partial charge in [-0.3, -0.25) is 0 Å². The Kier molecular flexibility index (Phi) is 5.63. The van der Waals surface area contributed by atoms with Crippen LogP contribution in [0, 0.1) is 6.92 Å². The summed E-state index contributed by atoms with van der Waals surface area (Å²) in [5.74, 6) is 0.779. The Morgan fingerprint density at radius 3 is 2.74 bits per heavy atom. The second-order valence-corrected chi connectivity index (χ2v) is 4.75. The van der Waals surface area contributed by atoms with Gasteiger partial charge in [0.05, 0.1) is 13.2 Å². The van der Waals surface area contributed by atoms with E-state index in [1.165, 1.54) is 4.90 Å². The number of carbonyl (C=O) groups excluding carboxylic acids is 1. The molecule has 0 fully saturated rings. The number of hydrogen-bond donors (Lipinski definition) is 2. The number of methoxy groups -OCH3 is 1. The largest absolute Gasteiger partial charge is 0.497 e. The molecule has 0 aliphatic rings. The van der Waals surface area contributed by atoms with Crippen molar-refractivity contribution in [2.75, 3.05) is 20.7 Å². The number of urea groups is 1. The number of hydrogen-bond acceptors (Lipinski definition) is 3. The minimum atomic E-state index is -0.533. The number of nitrogens with zero attached hydrogens (tertiary/aromatic N) is 1. The lowest BCUT2D eigenvalue weighted by molar-refractivity contribution is 0.143. The van der Waals surface area contributed by atoms with E-state index in [1.54, 1.807) is 21.1 Å². The van der Waals surface area contributed by atoms with Gasteiger partial charge in [-0.2, -0.15) is 0 Å². The highest BCUT2D eigenvalue weighted by molar-refractivity contribution is 5.73. The molecule has 0 heterocycles. The van der Waals surface area contributed by atoms with E-state index in [9.17, 15) is 9.90 Å². The number of amides is 2. The fourth-order valence-electron chi connectivity index (χ4n) is 1.84. The number of aryl methyl sites for hydroxylation is 1. The summed E-state index contributed by atoms with van der Waals surface area (Å²) in [6.07, 6.45) is -0.533. The Morgan fingerprint density at radius 2 is 2.16 bits per heavy atom. The van der Waals surface area contributed by atoms with Crippen LogP contribution in [0.4, 0.5) is 4.79 Å². The van der Waals surface area contributed by atoms with E-state index >= 15 is 0 Å². The lowest BCUT2D eigenvalue weighted by Crippen LogP contribution is -2.40. The zero-order valence-corrected chi connectivity index (χ0v) is 11.9. The van der Waals surface area contributed by atoms with Gasteiger partial charge in [-0.15, -0.1) is 0 Å². The van der Waals surface area contributed by atoms with Gasteiger partial charge >= 0.3 is 6.03 Å². The van der Waals surface area contributed by atoms with Crippen LogP contribution < -0.4 is 10.1 Å². The molecule has 0 spiro atoms. The van der Waals surface area contributed by atoms with Gasteiger partial charge in [0.2, 0.25) is 0 Å². The maximum Gasteiger partial charge on any atom is 0.317 e. The quantitative estimate of drug-likeness (QED) is 0.849. The van der Waals surface area contributed by atoms with Crippen LogP contribution in [0.15, 0.2) is 18.2 Å². The van der Waals surface area contributed by atoms with Gasteiger partial charge in [0, 0.05) is 20.1 Å². The van der Waals surface area contributed by atoms with Crippen molar-refractivity contribution in [3.63, 3.8) is 0 Å². The van der Waals surface area contributed by atoms with E-state index in [4.69, 9.17) is 4.74 Å². The summed E-state index contributed by atoms with van der Waals surface area (Å²) < 4.78 is 5.19. The summed E-state index contributed by atoms with van der Waals surface area (Å²) in [5, 5.41) is 12.0. The number of ether oxygens (including phenoxy) is 1. The summed E-state index contributed by atoms with van der Waals surface area (Å²) in [4.78, 5) is 13.2. The predicted octanol–water partition coefficient (Wildman–Crippen LogP) is 1.53. The van der Waals surface area contributed by atoms with E-state index in [2.05, 4.69) is 5.32 Å². The number of rotatable bonds is 5. The topological polar surface area (TPSA) is 61.8 Å². The van der Waals surface area contributed by atoms with Crippen LogP contribution in [-0.4, -0.2) is 42.8 Å². The van der Waals surface area contributed by atoms with Crippen molar-refractivity contribution in [1.29, 1.82) is 0 Å². The van der Waals surface area contributed by atoms with Gasteiger partial charge in [0.25, 0.3) is 0 Å². The van der Waals surface area contributed by atoms with Crippen LogP contribution in [0.1, 0.15) is 18.1 Å². The van der Waals surface area contributed by atoms with Crippen molar-refractivity contribution >= 4 is 6.03 Å². The predicted molar refractivity (Wildman–Crippen MR) is 74.3 cm³/mol. The lowest BCUT2D eigenvalue weighted by Gasteiger charge is -2.19. The Morgan fingerprint density at radius 1 is 1.47 bits per heavy atom. The summed E-state index contributed by atoms with van der Waals surface area (Å²) in [5.41, 5.74) is 2.07. The lowest BCUT2D eigenvalue weighted by atomic mass is 10.1. The van der Waals surface area contributed by atoms with Gasteiger partial charge in [0.1, 0.15) is 5.75 Å². The number of nitrogens with one attached hydrogen (secondary N) is 1. The maximum absolute atomic E-state index is 11.8. The standard InChI is InChI=1S/C14H22N2O3/c1-10-5-12(7-13(6-10)19-4)8-15-14(18)16(3)9-11(2)17/h5-7,11,17H,8-9H2,1-4H3,(H,15,18). The van der Waals surface area contributed by atoms with Gasteiger partial charge in [0.15, 0.2) is 0 Å². The average Bonchev–Trinajstić information content (AvgIpc) is 2.34. The molecular formula is C14H22N2O3. The second-order valence-electron chi connectivity index (χ2n) is 4.75. The molecule has 106 valence electrons. The van der Waals surface area contributed by atoms with Gasteiger partial charge in [-0.1, -0.05) is 6.07 Å². The van der Waals surface area contributed by atoms with Crippen LogP contribution in [0.3, 0.4) is 0 Å². The number of aliphatic hydroxyl groups excluding tert-OH is 1. The van der Waals surface area contributed by atoms with E-state index in [0.717, 1.165) is 16.9 Å². The van der Waals surface area contributed by atoms with Gasteiger partial charge < -0.3 is 20.1 Å². The Balaban J connectivity index is 2.56. The summed E-state index contributed by atoms with van der Waals surface area (Å²) in [7, 11) is 3.27. The second kappa shape index (κ2) is 6.99. The molecule has 0 aromatic heterocycles. The highest BCUT2D eigenvalue weighted by Gasteiger charge is 2.10. The molecule has 19 heavy (non-hydrogen) atoms. The molecule has 0 saturated heterocycles. The average molecular weight is 266 g/mol. The van der Waals surface area contributed by atoms with Crippen molar-refractivity contribution in [1.82, 2.24) is 10.2 Å². The highest BCUT2D eigenvalue weighted by Crippen LogP contribution is 2.16. The van der Waals surface area contributed by atoms with Crippen LogP contribution >= 0.6 is 0 Å². The van der Waals surface area contributed by atoms with E-state index in [0.29, 0.717) is 13.1 Å². The van der Waals surface area contributed by atoms with E-state index < -0.39 is 6.10 Å². The van der Waals surface area contributed by atoms with Crippen molar-refractivity contribution in [2.45, 2.75) is 26.5 Å². The Hall–Kier alpha value is -1.75. The smallest absolute Gasteiger partial charge is 0.317 e. The molecule has 0 saturated carbocycles. The molecule has 0 aliphatic carbocycles. The fraction of sp³-hybridized carbons (Fsp3) is 0.500. The molecule has 1 aromatic carbocycles. The molecule has 5 nitrogen and oxygen atoms in total. The van der Waals surface area contributed by atoms with Crippen LogP contribution in [-0.2, 0) is 6.54 Å². The maximum atomic E-state index is 11.8. The first-order valence-corrected chi connectivity index (χ1v) is 6.24. The van der Waals surface area contributed by atoms with E-state index in [-0.39, 0.29) is 6.03 Å². The van der Waals surface area contributed by atoms with Crippen molar-refractivity contribution in [3.8, 4) is 5.75 Å². The summed E-state index contributed by atoms with van der Waals surface area (Å²) in [6.45, 7) is 4.37. The Labute approximate surface area is 114 Å². The number of carbonyl (C=O) groups is 1. The molecule has 1 unspecified atom stereocenters. The normalized spacial score (nSPS) is 11.8. The third kappa shape index (κ3) is 5.18. The van der Waals surface area contributed by atoms with Crippen LogP contribution in [0.2, 0.25) is 0 Å². The van der Waals surface area contributed by atoms with E-state index in [1.807, 2.05) is 25.1 Å². The van der Waals surface area contributed by atoms with Gasteiger partial charge in [-0.05, 0) is 37.1 Å².